The Hall–Kier alpha value is -2.56. The van der Waals surface area contributed by atoms with E-state index in [1.54, 1.807) is 18.3 Å². The third kappa shape index (κ3) is 3.13. The van der Waals surface area contributed by atoms with Crippen molar-refractivity contribution in [3.63, 3.8) is 0 Å². The minimum Gasteiger partial charge on any atom is -0.478 e. The third-order valence-electron chi connectivity index (χ3n) is 4.14. The summed E-state index contributed by atoms with van der Waals surface area (Å²) in [6.45, 7) is 0. The molecule has 3 nitrogen and oxygen atoms in total. The Bertz CT molecular complexity index is 786. The molecule has 1 aliphatic carbocycles. The normalized spacial score (nSPS) is 19.2. The fraction of sp³-hybridized carbons (Fsp3) is 0.222. The van der Waals surface area contributed by atoms with Crippen molar-refractivity contribution < 1.29 is 18.7 Å². The fourth-order valence-electron chi connectivity index (χ4n) is 3.10. The summed E-state index contributed by atoms with van der Waals surface area (Å²) in [6, 6.07) is 7.80. The maximum absolute atomic E-state index is 14.1. The highest BCUT2D eigenvalue weighted by molar-refractivity contribution is 5.90. The SMILES string of the molecule is O=C(O)/C=C1/CCC(c2cccc(F)c2F)Cc2cccnc21. The number of fused-ring (bicyclic) bond motifs is 1. The van der Waals surface area contributed by atoms with Gasteiger partial charge in [0.1, 0.15) is 0 Å². The van der Waals surface area contributed by atoms with E-state index in [-0.39, 0.29) is 5.92 Å². The summed E-state index contributed by atoms with van der Waals surface area (Å²) in [7, 11) is 0. The molecule has 0 saturated heterocycles. The number of carboxylic acids is 1. The summed E-state index contributed by atoms with van der Waals surface area (Å²) in [5.74, 6) is -2.94. The first-order valence-electron chi connectivity index (χ1n) is 7.38. The van der Waals surface area contributed by atoms with Crippen LogP contribution in [0.1, 0.15) is 35.6 Å². The van der Waals surface area contributed by atoms with Crippen LogP contribution in [0.3, 0.4) is 0 Å². The molecule has 0 fully saturated rings. The van der Waals surface area contributed by atoms with Crippen LogP contribution in [0.25, 0.3) is 5.57 Å². The molecule has 0 bridgehead atoms. The smallest absolute Gasteiger partial charge is 0.328 e. The van der Waals surface area contributed by atoms with Gasteiger partial charge >= 0.3 is 5.97 Å². The predicted molar refractivity (Wildman–Crippen MR) is 81.9 cm³/mol. The summed E-state index contributed by atoms with van der Waals surface area (Å²) in [5, 5.41) is 9.03. The van der Waals surface area contributed by atoms with Crippen molar-refractivity contribution in [3.05, 3.63) is 71.1 Å². The van der Waals surface area contributed by atoms with Gasteiger partial charge in [-0.25, -0.2) is 13.6 Å². The monoisotopic (exact) mass is 315 g/mol. The predicted octanol–water partition coefficient (Wildman–Crippen LogP) is 3.95. The summed E-state index contributed by atoms with van der Waals surface area (Å²) < 4.78 is 27.6. The van der Waals surface area contributed by atoms with Gasteiger partial charge in [-0.2, -0.15) is 0 Å². The molecule has 23 heavy (non-hydrogen) atoms. The molecule has 1 atom stereocenters. The van der Waals surface area contributed by atoms with E-state index in [0.717, 1.165) is 17.7 Å². The molecule has 1 heterocycles. The fourth-order valence-corrected chi connectivity index (χ4v) is 3.10. The maximum Gasteiger partial charge on any atom is 0.328 e. The average Bonchev–Trinajstić information content (AvgIpc) is 2.70. The Morgan fingerprint density at radius 3 is 2.87 bits per heavy atom. The molecule has 118 valence electrons. The Labute approximate surface area is 132 Å². The van der Waals surface area contributed by atoms with Crippen LogP contribution in [-0.2, 0) is 11.2 Å². The Morgan fingerprint density at radius 2 is 2.09 bits per heavy atom. The molecule has 0 radical (unpaired) electrons. The van der Waals surface area contributed by atoms with E-state index in [4.69, 9.17) is 5.11 Å². The number of benzene rings is 1. The summed E-state index contributed by atoms with van der Waals surface area (Å²) in [5.41, 5.74) is 2.43. The number of pyridine rings is 1. The van der Waals surface area contributed by atoms with Gasteiger partial charge in [-0.15, -0.1) is 0 Å². The van der Waals surface area contributed by atoms with Crippen molar-refractivity contribution in [1.82, 2.24) is 4.98 Å². The van der Waals surface area contributed by atoms with Crippen LogP contribution in [0.5, 0.6) is 0 Å². The standard InChI is InChI=1S/C18H15F2NO2/c19-15-5-1-4-14(17(15)20)11-6-7-13(10-16(22)23)18-12(9-11)3-2-8-21-18/h1-5,8,10-11H,6-7,9H2,(H,22,23)/b13-10-. The van der Waals surface area contributed by atoms with Crippen LogP contribution in [-0.4, -0.2) is 16.1 Å². The second-order valence-corrected chi connectivity index (χ2v) is 5.60. The van der Waals surface area contributed by atoms with E-state index >= 15 is 0 Å². The van der Waals surface area contributed by atoms with Gasteiger partial charge in [-0.3, -0.25) is 4.98 Å². The molecule has 0 spiro atoms. The zero-order valence-corrected chi connectivity index (χ0v) is 12.3. The zero-order chi connectivity index (χ0) is 16.4. The lowest BCUT2D eigenvalue weighted by Gasteiger charge is -2.16. The number of nitrogens with zero attached hydrogens (tertiary/aromatic N) is 1. The summed E-state index contributed by atoms with van der Waals surface area (Å²) >= 11 is 0. The van der Waals surface area contributed by atoms with Crippen LogP contribution in [0.15, 0.2) is 42.6 Å². The molecular formula is C18H15F2NO2. The van der Waals surface area contributed by atoms with Gasteiger partial charge < -0.3 is 5.11 Å². The van der Waals surface area contributed by atoms with Gasteiger partial charge in [0.25, 0.3) is 0 Å². The molecule has 0 amide bonds. The summed E-state index contributed by atoms with van der Waals surface area (Å²) in [6.07, 6.45) is 4.25. The molecule has 3 rings (SSSR count). The quantitative estimate of drug-likeness (QED) is 0.674. The highest BCUT2D eigenvalue weighted by atomic mass is 19.2. The number of hydrogen-bond donors (Lipinski definition) is 1. The van der Waals surface area contributed by atoms with Crippen LogP contribution in [0, 0.1) is 11.6 Å². The second kappa shape index (κ2) is 6.28. The molecule has 0 saturated carbocycles. The van der Waals surface area contributed by atoms with Crippen molar-refractivity contribution in [2.45, 2.75) is 25.2 Å². The number of hydrogen-bond acceptors (Lipinski definition) is 2. The first kappa shape index (κ1) is 15.3. The van der Waals surface area contributed by atoms with E-state index in [0.29, 0.717) is 36.1 Å². The van der Waals surface area contributed by atoms with Gasteiger partial charge in [-0.05, 0) is 54.0 Å². The molecule has 1 aromatic carbocycles. The molecule has 2 aromatic rings. The number of aliphatic carboxylic acids is 1. The first-order valence-corrected chi connectivity index (χ1v) is 7.38. The number of aromatic nitrogens is 1. The molecule has 5 heteroatoms. The third-order valence-corrected chi connectivity index (χ3v) is 4.14. The van der Waals surface area contributed by atoms with Crippen molar-refractivity contribution in [2.24, 2.45) is 0 Å². The van der Waals surface area contributed by atoms with Crippen molar-refractivity contribution in [3.8, 4) is 0 Å². The summed E-state index contributed by atoms with van der Waals surface area (Å²) in [4.78, 5) is 15.3. The molecule has 1 N–H and O–H groups in total. The minimum atomic E-state index is -1.04. The average molecular weight is 315 g/mol. The van der Waals surface area contributed by atoms with Crippen LogP contribution < -0.4 is 0 Å². The molecule has 0 aliphatic heterocycles. The lowest BCUT2D eigenvalue weighted by atomic mass is 9.90. The number of carbonyl (C=O) groups is 1. The number of halogens is 2. The lowest BCUT2D eigenvalue weighted by molar-refractivity contribution is -0.131. The van der Waals surface area contributed by atoms with Crippen molar-refractivity contribution >= 4 is 11.5 Å². The van der Waals surface area contributed by atoms with Gasteiger partial charge in [0.15, 0.2) is 11.6 Å². The minimum absolute atomic E-state index is 0.214. The van der Waals surface area contributed by atoms with Crippen LogP contribution in [0.4, 0.5) is 8.78 Å². The lowest BCUT2D eigenvalue weighted by Crippen LogP contribution is -2.06. The van der Waals surface area contributed by atoms with Gasteiger partial charge in [0.2, 0.25) is 0 Å². The topological polar surface area (TPSA) is 50.2 Å². The highest BCUT2D eigenvalue weighted by Gasteiger charge is 2.25. The van der Waals surface area contributed by atoms with E-state index in [1.165, 1.54) is 6.07 Å². The van der Waals surface area contributed by atoms with Gasteiger partial charge in [-0.1, -0.05) is 18.2 Å². The van der Waals surface area contributed by atoms with E-state index < -0.39 is 17.6 Å². The number of carboxylic acid groups (broad SMARTS) is 1. The molecular weight excluding hydrogens is 300 g/mol. The van der Waals surface area contributed by atoms with Gasteiger partial charge in [0, 0.05) is 12.3 Å². The van der Waals surface area contributed by atoms with E-state index in [2.05, 4.69) is 4.98 Å². The molecule has 1 aliphatic rings. The van der Waals surface area contributed by atoms with Crippen LogP contribution >= 0.6 is 0 Å². The maximum atomic E-state index is 14.1. The van der Waals surface area contributed by atoms with E-state index in [1.807, 2.05) is 6.07 Å². The first-order chi connectivity index (χ1) is 11.1. The largest absolute Gasteiger partial charge is 0.478 e. The second-order valence-electron chi connectivity index (χ2n) is 5.60. The molecule has 1 aromatic heterocycles. The van der Waals surface area contributed by atoms with E-state index in [9.17, 15) is 13.6 Å². The zero-order valence-electron chi connectivity index (χ0n) is 12.3. The Morgan fingerprint density at radius 1 is 1.26 bits per heavy atom. The van der Waals surface area contributed by atoms with Crippen molar-refractivity contribution in [1.29, 1.82) is 0 Å². The van der Waals surface area contributed by atoms with Crippen LogP contribution in [0.2, 0.25) is 0 Å². The Balaban J connectivity index is 2.04. The Kier molecular flexibility index (Phi) is 4.19. The number of allylic oxidation sites excluding steroid dienone is 1. The molecule has 1 unspecified atom stereocenters. The van der Waals surface area contributed by atoms with Crippen molar-refractivity contribution in [2.75, 3.05) is 0 Å². The number of rotatable bonds is 2. The van der Waals surface area contributed by atoms with Gasteiger partial charge in [0.05, 0.1) is 5.69 Å². The highest BCUT2D eigenvalue weighted by Crippen LogP contribution is 2.37.